The van der Waals surface area contributed by atoms with Crippen LogP contribution < -0.4 is 0 Å². The average Bonchev–Trinajstić information content (AvgIpc) is 2.48. The van der Waals surface area contributed by atoms with Crippen molar-refractivity contribution in [2.45, 2.75) is 0 Å². The lowest BCUT2D eigenvalue weighted by Gasteiger charge is -1.94. The zero-order valence-corrected chi connectivity index (χ0v) is 5.74. The summed E-state index contributed by atoms with van der Waals surface area (Å²) in [5.41, 5.74) is -0.429. The van der Waals surface area contributed by atoms with Crippen LogP contribution in [0.1, 0.15) is 0 Å². The summed E-state index contributed by atoms with van der Waals surface area (Å²) >= 11 is 0. The largest absolute Gasteiger partial charge is 0.342 e. The van der Waals surface area contributed by atoms with Gasteiger partial charge in [-0.05, 0) is 0 Å². The van der Waals surface area contributed by atoms with E-state index >= 15 is 0 Å². The molecule has 12 heavy (non-hydrogen) atoms. The third-order valence-corrected chi connectivity index (χ3v) is 1.55. The van der Waals surface area contributed by atoms with E-state index in [0.717, 1.165) is 6.33 Å². The van der Waals surface area contributed by atoms with Gasteiger partial charge in [-0.2, -0.15) is 0 Å². The lowest BCUT2D eigenvalue weighted by Crippen LogP contribution is -1.89. The number of H-pyrrole nitrogens is 1. The fourth-order valence-corrected chi connectivity index (χ4v) is 1.01. The maximum absolute atomic E-state index is 12.8. The number of aromatic nitrogens is 2. The van der Waals surface area contributed by atoms with Crippen molar-refractivity contribution in [2.75, 3.05) is 0 Å². The van der Waals surface area contributed by atoms with Gasteiger partial charge in [-0.1, -0.05) is 0 Å². The molecule has 62 valence electrons. The molecule has 0 radical (unpaired) electrons. The number of nitrogens with one attached hydrogen (secondary N) is 1. The van der Waals surface area contributed by atoms with Gasteiger partial charge in [0.2, 0.25) is 0 Å². The molecule has 1 heterocycles. The minimum Gasteiger partial charge on any atom is -0.342 e. The average molecular weight is 172 g/mol. The minimum absolute atomic E-state index is 0.186. The molecule has 0 amide bonds. The van der Waals surface area contributed by atoms with Gasteiger partial charge in [0.1, 0.15) is 11.0 Å². The Labute approximate surface area is 65.0 Å². The van der Waals surface area contributed by atoms with Gasteiger partial charge in [0, 0.05) is 6.07 Å². The van der Waals surface area contributed by atoms with E-state index in [0.29, 0.717) is 6.07 Å². The highest BCUT2D eigenvalue weighted by Crippen LogP contribution is 2.19. The van der Waals surface area contributed by atoms with Crippen LogP contribution in [0.25, 0.3) is 11.0 Å². The molecule has 0 aliphatic heterocycles. The molecule has 0 unspecified atom stereocenters. The monoisotopic (exact) mass is 172 g/mol. The molecular weight excluding hydrogens is 169 g/mol. The van der Waals surface area contributed by atoms with Gasteiger partial charge >= 0.3 is 0 Å². The van der Waals surface area contributed by atoms with Crippen LogP contribution in [0.2, 0.25) is 0 Å². The quantitative estimate of drug-likeness (QED) is 0.604. The van der Waals surface area contributed by atoms with E-state index in [1.54, 1.807) is 0 Å². The van der Waals surface area contributed by atoms with Crippen LogP contribution in [0, 0.1) is 17.5 Å². The summed E-state index contributed by atoms with van der Waals surface area (Å²) in [4.78, 5) is 5.79. The Morgan fingerprint density at radius 2 is 1.92 bits per heavy atom. The predicted octanol–water partition coefficient (Wildman–Crippen LogP) is 1.98. The van der Waals surface area contributed by atoms with E-state index in [1.807, 2.05) is 0 Å². The Kier molecular flexibility index (Phi) is 1.33. The number of fused-ring (bicyclic) bond motifs is 1. The molecule has 2 nitrogen and oxygen atoms in total. The third kappa shape index (κ3) is 0.792. The zero-order valence-electron chi connectivity index (χ0n) is 5.74. The van der Waals surface area contributed by atoms with Crippen LogP contribution in [0.15, 0.2) is 12.4 Å². The molecule has 2 rings (SSSR count). The van der Waals surface area contributed by atoms with Crippen molar-refractivity contribution in [1.82, 2.24) is 9.97 Å². The second-order valence-electron chi connectivity index (χ2n) is 2.28. The molecule has 0 atom stereocenters. The maximum Gasteiger partial charge on any atom is 0.184 e. The number of hydrogen-bond acceptors (Lipinski definition) is 1. The SMILES string of the molecule is Fc1cc(F)c2nc[nH]c2c1F. The Morgan fingerprint density at radius 3 is 2.67 bits per heavy atom. The smallest absolute Gasteiger partial charge is 0.184 e. The Bertz CT molecular complexity index is 435. The van der Waals surface area contributed by atoms with Crippen LogP contribution in [0.5, 0.6) is 0 Å². The second kappa shape index (κ2) is 2.23. The van der Waals surface area contributed by atoms with Crippen LogP contribution in [0.3, 0.4) is 0 Å². The minimum atomic E-state index is -1.22. The fraction of sp³-hybridized carbons (Fsp3) is 0. The van der Waals surface area contributed by atoms with Gasteiger partial charge in [0.15, 0.2) is 17.5 Å². The molecule has 0 bridgehead atoms. The number of aromatic amines is 1. The van der Waals surface area contributed by atoms with E-state index in [9.17, 15) is 13.2 Å². The third-order valence-electron chi connectivity index (χ3n) is 1.55. The molecule has 5 heteroatoms. The summed E-state index contributed by atoms with van der Waals surface area (Å²) in [6, 6.07) is 0.471. The number of hydrogen-bond donors (Lipinski definition) is 1. The first-order valence-electron chi connectivity index (χ1n) is 3.16. The number of halogens is 3. The van der Waals surface area contributed by atoms with Crippen molar-refractivity contribution < 1.29 is 13.2 Å². The lowest BCUT2D eigenvalue weighted by molar-refractivity contribution is 0.504. The number of nitrogens with zero attached hydrogens (tertiary/aromatic N) is 1. The molecule has 1 aromatic heterocycles. The molecule has 0 aliphatic rings. The molecule has 0 aliphatic carbocycles. The number of benzene rings is 1. The number of imidazole rings is 1. The van der Waals surface area contributed by atoms with Crippen LogP contribution in [0.4, 0.5) is 13.2 Å². The molecule has 0 spiro atoms. The van der Waals surface area contributed by atoms with Gasteiger partial charge in [-0.15, -0.1) is 0 Å². The normalized spacial score (nSPS) is 10.9. The van der Waals surface area contributed by atoms with E-state index in [-0.39, 0.29) is 11.0 Å². The topological polar surface area (TPSA) is 28.7 Å². The van der Waals surface area contributed by atoms with E-state index in [4.69, 9.17) is 0 Å². The van der Waals surface area contributed by atoms with Gasteiger partial charge in [-0.3, -0.25) is 0 Å². The predicted molar refractivity (Wildman–Crippen MR) is 36.0 cm³/mol. The van der Waals surface area contributed by atoms with Crippen molar-refractivity contribution in [3.8, 4) is 0 Å². The molecule has 1 N–H and O–H groups in total. The van der Waals surface area contributed by atoms with Crippen molar-refractivity contribution in [1.29, 1.82) is 0 Å². The van der Waals surface area contributed by atoms with E-state index in [1.165, 1.54) is 0 Å². The first-order chi connectivity index (χ1) is 5.70. The van der Waals surface area contributed by atoms with Crippen molar-refractivity contribution in [3.05, 3.63) is 29.8 Å². The Balaban J connectivity index is 2.97. The highest BCUT2D eigenvalue weighted by atomic mass is 19.2. The summed E-state index contributed by atoms with van der Waals surface area (Å²) in [5.74, 6) is -3.20. The van der Waals surface area contributed by atoms with Crippen LogP contribution >= 0.6 is 0 Å². The van der Waals surface area contributed by atoms with Gasteiger partial charge < -0.3 is 4.98 Å². The summed E-state index contributed by atoms with van der Waals surface area (Å²) in [6.45, 7) is 0. The first kappa shape index (κ1) is 7.15. The summed E-state index contributed by atoms with van der Waals surface area (Å²) in [6.07, 6.45) is 1.11. The summed E-state index contributed by atoms with van der Waals surface area (Å²) in [5, 5.41) is 0. The number of rotatable bonds is 0. The highest BCUT2D eigenvalue weighted by Gasteiger charge is 2.13. The molecule has 0 fully saturated rings. The fourth-order valence-electron chi connectivity index (χ4n) is 1.01. The second-order valence-corrected chi connectivity index (χ2v) is 2.28. The lowest BCUT2D eigenvalue weighted by atomic mass is 10.3. The molecule has 2 aromatic rings. The molecule has 1 aromatic carbocycles. The molecule has 0 saturated heterocycles. The van der Waals surface area contributed by atoms with Crippen molar-refractivity contribution in [2.24, 2.45) is 0 Å². The van der Waals surface area contributed by atoms with Gasteiger partial charge in [0.05, 0.1) is 6.33 Å². The Hall–Kier alpha value is -1.52. The standard InChI is InChI=1S/C7H3F3N2/c8-3-1-4(9)6-7(5(3)10)12-2-11-6/h1-2H,(H,11,12). The maximum atomic E-state index is 12.8. The van der Waals surface area contributed by atoms with Crippen molar-refractivity contribution in [3.63, 3.8) is 0 Å². The summed E-state index contributed by atoms with van der Waals surface area (Å²) in [7, 11) is 0. The van der Waals surface area contributed by atoms with Gasteiger partial charge in [0.25, 0.3) is 0 Å². The van der Waals surface area contributed by atoms with E-state index < -0.39 is 17.5 Å². The van der Waals surface area contributed by atoms with Gasteiger partial charge in [-0.25, -0.2) is 18.2 Å². The first-order valence-corrected chi connectivity index (χ1v) is 3.16. The summed E-state index contributed by atoms with van der Waals surface area (Å²) < 4.78 is 38.1. The highest BCUT2D eigenvalue weighted by molar-refractivity contribution is 5.75. The van der Waals surface area contributed by atoms with E-state index in [2.05, 4.69) is 9.97 Å². The van der Waals surface area contributed by atoms with Crippen LogP contribution in [-0.4, -0.2) is 9.97 Å². The zero-order chi connectivity index (χ0) is 8.72. The van der Waals surface area contributed by atoms with Crippen LogP contribution in [-0.2, 0) is 0 Å². The van der Waals surface area contributed by atoms with Crippen molar-refractivity contribution >= 4 is 11.0 Å². The Morgan fingerprint density at radius 1 is 1.17 bits per heavy atom. The molecule has 0 saturated carbocycles. The molecular formula is C7H3F3N2.